The van der Waals surface area contributed by atoms with Gasteiger partial charge in [-0.1, -0.05) is 18.1 Å². The van der Waals surface area contributed by atoms with Gasteiger partial charge in [0.25, 0.3) is 0 Å². The smallest absolute Gasteiger partial charge is 0.123 e. The molecule has 0 radical (unpaired) electrons. The second-order valence-electron chi connectivity index (χ2n) is 2.28. The average molecular weight is 160 g/mol. The molecule has 1 rings (SSSR count). The van der Waals surface area contributed by atoms with E-state index in [1.54, 1.807) is 25.1 Å². The lowest BCUT2D eigenvalue weighted by Gasteiger charge is -1.89. The van der Waals surface area contributed by atoms with Crippen LogP contribution >= 0.6 is 0 Å². The Kier molecular flexibility index (Phi) is 3.10. The third-order valence-electron chi connectivity index (χ3n) is 1.37. The van der Waals surface area contributed by atoms with E-state index in [9.17, 15) is 4.39 Å². The molecule has 0 aromatic heterocycles. The fraction of sp³-hybridized carbons (Fsp3) is 0.0909. The summed E-state index contributed by atoms with van der Waals surface area (Å²) in [7, 11) is 0. The zero-order valence-electron chi connectivity index (χ0n) is 6.84. The minimum absolute atomic E-state index is 0.214. The molecule has 0 saturated heterocycles. The van der Waals surface area contributed by atoms with E-state index in [1.165, 1.54) is 12.1 Å². The Bertz CT molecular complexity index is 322. The van der Waals surface area contributed by atoms with Crippen LogP contribution in [-0.4, -0.2) is 0 Å². The molecule has 0 nitrogen and oxygen atoms in total. The first kappa shape index (κ1) is 8.55. The zero-order chi connectivity index (χ0) is 8.81. The Hall–Kier alpha value is -1.55. The predicted molar refractivity (Wildman–Crippen MR) is 48.9 cm³/mol. The van der Waals surface area contributed by atoms with Gasteiger partial charge in [0.15, 0.2) is 0 Å². The van der Waals surface area contributed by atoms with E-state index in [0.29, 0.717) is 0 Å². The quantitative estimate of drug-likeness (QED) is 0.554. The summed E-state index contributed by atoms with van der Waals surface area (Å²) in [4.78, 5) is 0. The van der Waals surface area contributed by atoms with Gasteiger partial charge in [0.05, 0.1) is 0 Å². The summed E-state index contributed by atoms with van der Waals surface area (Å²) in [6.45, 7) is 1.77. The van der Waals surface area contributed by atoms with Gasteiger partial charge in [-0.2, -0.15) is 0 Å². The van der Waals surface area contributed by atoms with Crippen LogP contribution in [0.25, 0.3) is 6.08 Å². The molecule has 60 valence electrons. The van der Waals surface area contributed by atoms with E-state index in [2.05, 4.69) is 11.8 Å². The van der Waals surface area contributed by atoms with Crippen LogP contribution in [0.15, 0.2) is 30.3 Å². The summed E-state index contributed by atoms with van der Waals surface area (Å²) in [5.41, 5.74) is 0.958. The van der Waals surface area contributed by atoms with Gasteiger partial charge in [-0.3, -0.25) is 0 Å². The maximum atomic E-state index is 12.4. The minimum atomic E-state index is -0.214. The molecule has 0 aliphatic heterocycles. The number of allylic oxidation sites excluding steroid dienone is 1. The largest absolute Gasteiger partial charge is 0.207 e. The van der Waals surface area contributed by atoms with Crippen LogP contribution < -0.4 is 0 Å². The molecule has 1 aromatic rings. The van der Waals surface area contributed by atoms with Crippen molar-refractivity contribution in [1.29, 1.82) is 0 Å². The first-order valence-corrected chi connectivity index (χ1v) is 3.67. The first-order chi connectivity index (χ1) is 5.83. The summed E-state index contributed by atoms with van der Waals surface area (Å²) >= 11 is 0. The summed E-state index contributed by atoms with van der Waals surface area (Å²) in [5, 5.41) is 0. The summed E-state index contributed by atoms with van der Waals surface area (Å²) in [6.07, 6.45) is 3.59. The Morgan fingerprint density at radius 3 is 2.50 bits per heavy atom. The van der Waals surface area contributed by atoms with E-state index >= 15 is 0 Å². The Balaban J connectivity index is 2.75. The maximum Gasteiger partial charge on any atom is 0.123 e. The average Bonchev–Trinajstić information content (AvgIpc) is 2.09. The Morgan fingerprint density at radius 2 is 1.92 bits per heavy atom. The SMILES string of the molecule is CC#C/C=C/c1ccc(F)cc1. The highest BCUT2D eigenvalue weighted by atomic mass is 19.1. The van der Waals surface area contributed by atoms with E-state index in [-0.39, 0.29) is 5.82 Å². The van der Waals surface area contributed by atoms with Gasteiger partial charge >= 0.3 is 0 Å². The van der Waals surface area contributed by atoms with Crippen LogP contribution in [0.5, 0.6) is 0 Å². The fourth-order valence-electron chi connectivity index (χ4n) is 0.795. The Morgan fingerprint density at radius 1 is 1.25 bits per heavy atom. The van der Waals surface area contributed by atoms with Crippen LogP contribution in [0.2, 0.25) is 0 Å². The zero-order valence-corrected chi connectivity index (χ0v) is 6.84. The molecule has 0 spiro atoms. The standard InChI is InChI=1S/C11H9F/c1-2-3-4-5-10-6-8-11(12)9-7-10/h4-9H,1H3/b5-4+. The molecule has 0 atom stereocenters. The van der Waals surface area contributed by atoms with Crippen molar-refractivity contribution < 1.29 is 4.39 Å². The van der Waals surface area contributed by atoms with Gasteiger partial charge in [-0.05, 0) is 36.8 Å². The van der Waals surface area contributed by atoms with Crippen molar-refractivity contribution in [3.05, 3.63) is 41.7 Å². The molecule has 0 fully saturated rings. The minimum Gasteiger partial charge on any atom is -0.207 e. The lowest BCUT2D eigenvalue weighted by Crippen LogP contribution is -1.73. The van der Waals surface area contributed by atoms with Crippen molar-refractivity contribution in [2.45, 2.75) is 6.92 Å². The van der Waals surface area contributed by atoms with Crippen molar-refractivity contribution in [3.63, 3.8) is 0 Å². The van der Waals surface area contributed by atoms with Gasteiger partial charge in [-0.25, -0.2) is 4.39 Å². The van der Waals surface area contributed by atoms with E-state index in [0.717, 1.165) is 5.56 Å². The molecule has 0 unspecified atom stereocenters. The van der Waals surface area contributed by atoms with Crippen molar-refractivity contribution in [1.82, 2.24) is 0 Å². The van der Waals surface area contributed by atoms with Gasteiger partial charge in [0.2, 0.25) is 0 Å². The molecule has 12 heavy (non-hydrogen) atoms. The lowest BCUT2D eigenvalue weighted by atomic mass is 10.2. The Labute approximate surface area is 71.7 Å². The highest BCUT2D eigenvalue weighted by Gasteiger charge is 1.86. The van der Waals surface area contributed by atoms with Crippen LogP contribution in [0.1, 0.15) is 12.5 Å². The van der Waals surface area contributed by atoms with Crippen molar-refractivity contribution >= 4 is 6.08 Å². The summed E-state index contributed by atoms with van der Waals surface area (Å²) in [6, 6.07) is 6.28. The third kappa shape index (κ3) is 2.59. The number of halogens is 1. The summed E-state index contributed by atoms with van der Waals surface area (Å²) in [5.74, 6) is 5.31. The molecule has 1 aromatic carbocycles. The van der Waals surface area contributed by atoms with E-state index in [1.807, 2.05) is 6.08 Å². The molecule has 1 heteroatoms. The number of benzene rings is 1. The van der Waals surface area contributed by atoms with Crippen molar-refractivity contribution in [3.8, 4) is 11.8 Å². The lowest BCUT2D eigenvalue weighted by molar-refractivity contribution is 0.628. The molecule has 0 saturated carbocycles. The van der Waals surface area contributed by atoms with Gasteiger partial charge < -0.3 is 0 Å². The maximum absolute atomic E-state index is 12.4. The second-order valence-corrected chi connectivity index (χ2v) is 2.28. The fourth-order valence-corrected chi connectivity index (χ4v) is 0.795. The first-order valence-electron chi connectivity index (χ1n) is 3.67. The highest BCUT2D eigenvalue weighted by molar-refractivity contribution is 5.52. The number of hydrogen-bond donors (Lipinski definition) is 0. The molecular formula is C11H9F. The normalized spacial score (nSPS) is 9.50. The molecule has 0 aliphatic rings. The van der Waals surface area contributed by atoms with Crippen LogP contribution in [0.4, 0.5) is 4.39 Å². The summed E-state index contributed by atoms with van der Waals surface area (Å²) < 4.78 is 12.4. The molecule has 0 bridgehead atoms. The second kappa shape index (κ2) is 4.35. The van der Waals surface area contributed by atoms with Gasteiger partial charge in [-0.15, -0.1) is 5.92 Å². The molecule has 0 aliphatic carbocycles. The van der Waals surface area contributed by atoms with Crippen molar-refractivity contribution in [2.75, 3.05) is 0 Å². The monoisotopic (exact) mass is 160 g/mol. The van der Waals surface area contributed by atoms with Gasteiger partial charge in [0, 0.05) is 0 Å². The number of rotatable bonds is 1. The topological polar surface area (TPSA) is 0 Å². The molecule has 0 N–H and O–H groups in total. The van der Waals surface area contributed by atoms with Crippen LogP contribution in [0.3, 0.4) is 0 Å². The molecule has 0 amide bonds. The third-order valence-corrected chi connectivity index (χ3v) is 1.37. The molecule has 0 heterocycles. The highest BCUT2D eigenvalue weighted by Crippen LogP contribution is 2.03. The molecular weight excluding hydrogens is 151 g/mol. The number of hydrogen-bond acceptors (Lipinski definition) is 0. The predicted octanol–water partition coefficient (Wildman–Crippen LogP) is 2.86. The van der Waals surface area contributed by atoms with Gasteiger partial charge in [0.1, 0.15) is 5.82 Å². The van der Waals surface area contributed by atoms with E-state index in [4.69, 9.17) is 0 Å². The van der Waals surface area contributed by atoms with Crippen LogP contribution in [-0.2, 0) is 0 Å². The van der Waals surface area contributed by atoms with Crippen LogP contribution in [0, 0.1) is 17.7 Å². The van der Waals surface area contributed by atoms with E-state index < -0.39 is 0 Å². The van der Waals surface area contributed by atoms with Crippen molar-refractivity contribution in [2.24, 2.45) is 0 Å².